The van der Waals surface area contributed by atoms with Crippen LogP contribution in [0.5, 0.6) is 5.75 Å². The Kier molecular flexibility index (Phi) is 10.3. The number of fused-ring (bicyclic) bond motifs is 3. The fourth-order valence-corrected chi connectivity index (χ4v) is 5.41. The number of carbonyl (C=O) groups is 3. The number of nitrogens with zero attached hydrogens (tertiary/aromatic N) is 3. The maximum Gasteiger partial charge on any atom is 0.259 e. The number of para-hydroxylation sites is 1. The first kappa shape index (κ1) is 29.3. The molecule has 2 aromatic carbocycles. The molecule has 0 fully saturated rings. The number of hydrogen-bond donors (Lipinski definition) is 2. The molecule has 2 heterocycles. The van der Waals surface area contributed by atoms with E-state index in [9.17, 15) is 14.4 Å². The van der Waals surface area contributed by atoms with Crippen LogP contribution in [0.25, 0.3) is 0 Å². The van der Waals surface area contributed by atoms with Gasteiger partial charge in [-0.15, -0.1) is 0 Å². The third-order valence-electron chi connectivity index (χ3n) is 6.58. The summed E-state index contributed by atoms with van der Waals surface area (Å²) >= 11 is 1.26. The Morgan fingerprint density at radius 1 is 1.10 bits per heavy atom. The molecule has 2 aromatic rings. The molecule has 0 aromatic heterocycles. The van der Waals surface area contributed by atoms with Crippen molar-refractivity contribution in [3.8, 4) is 5.75 Å². The van der Waals surface area contributed by atoms with Crippen molar-refractivity contribution in [1.29, 1.82) is 0 Å². The number of nitrogens with one attached hydrogen (secondary N) is 2. The second-order valence-electron chi connectivity index (χ2n) is 9.37. The molecule has 0 unspecified atom stereocenters. The fraction of sp³-hybridized carbons (Fsp3) is 0.414. The highest BCUT2D eigenvalue weighted by Crippen LogP contribution is 2.35. The lowest BCUT2D eigenvalue weighted by Crippen LogP contribution is -2.43. The Balaban J connectivity index is 1.41. The van der Waals surface area contributed by atoms with E-state index in [4.69, 9.17) is 19.5 Å². The Morgan fingerprint density at radius 2 is 1.88 bits per heavy atom. The quantitative estimate of drug-likeness (QED) is 0.359. The molecule has 2 N–H and O–H groups in total. The van der Waals surface area contributed by atoms with E-state index in [0.29, 0.717) is 49.2 Å². The summed E-state index contributed by atoms with van der Waals surface area (Å²) in [5.74, 6) is 0.751. The smallest absolute Gasteiger partial charge is 0.259 e. The molecule has 0 spiro atoms. The number of ether oxygens (including phenoxy) is 2. The highest BCUT2D eigenvalue weighted by atomic mass is 32.2. The molecule has 0 aliphatic carbocycles. The highest BCUT2D eigenvalue weighted by molar-refractivity contribution is 8.15. The van der Waals surface area contributed by atoms with E-state index in [0.717, 1.165) is 16.9 Å². The Labute approximate surface area is 238 Å². The van der Waals surface area contributed by atoms with E-state index in [1.807, 2.05) is 55.5 Å². The summed E-state index contributed by atoms with van der Waals surface area (Å²) in [5.41, 5.74) is 2.40. The molecule has 4 rings (SSSR count). The van der Waals surface area contributed by atoms with Gasteiger partial charge < -0.3 is 20.1 Å². The van der Waals surface area contributed by atoms with Crippen LogP contribution in [-0.2, 0) is 25.7 Å². The van der Waals surface area contributed by atoms with Crippen LogP contribution in [-0.4, -0.2) is 72.3 Å². The summed E-state index contributed by atoms with van der Waals surface area (Å²) in [6, 6.07) is 14.3. The van der Waals surface area contributed by atoms with Crippen molar-refractivity contribution in [2.24, 2.45) is 9.98 Å². The van der Waals surface area contributed by atoms with Gasteiger partial charge in [0.2, 0.25) is 11.8 Å². The van der Waals surface area contributed by atoms with Crippen molar-refractivity contribution >= 4 is 46.2 Å². The van der Waals surface area contributed by atoms with E-state index in [-0.39, 0.29) is 30.6 Å². The number of amidine groups is 2. The zero-order valence-electron chi connectivity index (χ0n) is 23.0. The minimum absolute atomic E-state index is 0.111. The lowest BCUT2D eigenvalue weighted by Gasteiger charge is -2.27. The number of amides is 3. The minimum Gasteiger partial charge on any atom is -0.497 e. The number of aliphatic imine (C=N–C) groups is 2. The number of rotatable bonds is 13. The lowest BCUT2D eigenvalue weighted by atomic mass is 10.1. The van der Waals surface area contributed by atoms with Crippen LogP contribution in [0.1, 0.15) is 43.7 Å². The molecule has 2 aliphatic heterocycles. The van der Waals surface area contributed by atoms with Gasteiger partial charge in [-0.25, -0.2) is 9.89 Å². The second kappa shape index (κ2) is 14.1. The molecular formula is C29H35N5O5S. The standard InChI is InChI=1S/C29H35N5O5S/c1-4-24(27(36)30-16-7-17-38-2)40-29-33-22-9-6-5-8-21(22)26-32-23(28(37)34(26)29)14-15-25(35)31-18-19-10-12-20(39-3)13-11-19/h5-6,8-13,23-24H,4,7,14-18H2,1-3H3,(H,30,36)(H,31,35)/t23-,24-/m0/s1. The van der Waals surface area contributed by atoms with Gasteiger partial charge in [0.15, 0.2) is 5.17 Å². The number of carbonyl (C=O) groups excluding carboxylic acids is 3. The van der Waals surface area contributed by atoms with Crippen molar-refractivity contribution in [1.82, 2.24) is 15.5 Å². The van der Waals surface area contributed by atoms with Gasteiger partial charge in [0, 0.05) is 38.8 Å². The SMILES string of the molecule is CC[C@H](SC1=Nc2ccccc2C2=N[C@@H](CCC(=O)NCc3ccc(OC)cc3)C(=O)N12)C(=O)NCCCOC. The largest absolute Gasteiger partial charge is 0.497 e. The summed E-state index contributed by atoms with van der Waals surface area (Å²) in [5, 5.41) is 5.84. The van der Waals surface area contributed by atoms with Crippen LogP contribution < -0.4 is 15.4 Å². The fourth-order valence-electron chi connectivity index (χ4n) is 4.36. The van der Waals surface area contributed by atoms with E-state index in [2.05, 4.69) is 10.6 Å². The third kappa shape index (κ3) is 7.08. The van der Waals surface area contributed by atoms with Gasteiger partial charge in [0.1, 0.15) is 17.6 Å². The van der Waals surface area contributed by atoms with Gasteiger partial charge in [0.25, 0.3) is 5.91 Å². The van der Waals surface area contributed by atoms with Crippen molar-refractivity contribution < 1.29 is 23.9 Å². The first-order chi connectivity index (χ1) is 19.4. The average molecular weight is 566 g/mol. The molecule has 0 saturated carbocycles. The molecule has 0 saturated heterocycles. The summed E-state index contributed by atoms with van der Waals surface area (Å²) in [4.78, 5) is 50.0. The predicted molar refractivity (Wildman–Crippen MR) is 156 cm³/mol. The topological polar surface area (TPSA) is 122 Å². The molecular weight excluding hydrogens is 530 g/mol. The Morgan fingerprint density at radius 3 is 2.60 bits per heavy atom. The predicted octanol–water partition coefficient (Wildman–Crippen LogP) is 3.41. The van der Waals surface area contributed by atoms with Crippen LogP contribution in [0.3, 0.4) is 0 Å². The Hall–Kier alpha value is -3.70. The molecule has 10 nitrogen and oxygen atoms in total. The lowest BCUT2D eigenvalue weighted by molar-refractivity contribution is -0.125. The van der Waals surface area contributed by atoms with Gasteiger partial charge in [-0.2, -0.15) is 0 Å². The zero-order valence-corrected chi connectivity index (χ0v) is 23.8. The van der Waals surface area contributed by atoms with Crippen LogP contribution in [0, 0.1) is 0 Å². The summed E-state index contributed by atoms with van der Waals surface area (Å²) in [6.07, 6.45) is 1.70. The van der Waals surface area contributed by atoms with E-state index in [1.54, 1.807) is 14.2 Å². The van der Waals surface area contributed by atoms with Crippen molar-refractivity contribution in [3.05, 3.63) is 59.7 Å². The molecule has 2 aliphatic rings. The van der Waals surface area contributed by atoms with Crippen LogP contribution in [0.2, 0.25) is 0 Å². The van der Waals surface area contributed by atoms with E-state index < -0.39 is 11.3 Å². The van der Waals surface area contributed by atoms with Crippen LogP contribution in [0.15, 0.2) is 58.5 Å². The van der Waals surface area contributed by atoms with Crippen molar-refractivity contribution in [2.75, 3.05) is 27.4 Å². The number of thioether (sulfide) groups is 1. The average Bonchev–Trinajstić information content (AvgIpc) is 3.32. The maximum atomic E-state index is 13.6. The minimum atomic E-state index is -0.707. The van der Waals surface area contributed by atoms with Gasteiger partial charge in [0.05, 0.1) is 18.0 Å². The molecule has 0 radical (unpaired) electrons. The van der Waals surface area contributed by atoms with Crippen LogP contribution in [0.4, 0.5) is 5.69 Å². The van der Waals surface area contributed by atoms with Crippen molar-refractivity contribution in [2.45, 2.75) is 50.4 Å². The van der Waals surface area contributed by atoms with E-state index >= 15 is 0 Å². The molecule has 212 valence electrons. The highest BCUT2D eigenvalue weighted by Gasteiger charge is 2.42. The molecule has 3 amide bonds. The van der Waals surface area contributed by atoms with Gasteiger partial charge in [-0.05, 0) is 49.1 Å². The summed E-state index contributed by atoms with van der Waals surface area (Å²) < 4.78 is 10.2. The van der Waals surface area contributed by atoms with Gasteiger partial charge >= 0.3 is 0 Å². The molecule has 40 heavy (non-hydrogen) atoms. The first-order valence-electron chi connectivity index (χ1n) is 13.4. The van der Waals surface area contributed by atoms with E-state index in [1.165, 1.54) is 16.7 Å². The van der Waals surface area contributed by atoms with Gasteiger partial charge in [-0.1, -0.05) is 43.0 Å². The Bertz CT molecular complexity index is 1280. The molecule has 2 atom stereocenters. The summed E-state index contributed by atoms with van der Waals surface area (Å²) in [7, 11) is 3.23. The zero-order chi connectivity index (χ0) is 28.5. The first-order valence-corrected chi connectivity index (χ1v) is 14.3. The van der Waals surface area contributed by atoms with Crippen LogP contribution >= 0.6 is 11.8 Å². The van der Waals surface area contributed by atoms with Gasteiger partial charge in [-0.3, -0.25) is 19.4 Å². The maximum absolute atomic E-state index is 13.6. The number of benzene rings is 2. The number of hydrogen-bond acceptors (Lipinski definition) is 8. The summed E-state index contributed by atoms with van der Waals surface area (Å²) in [6.45, 7) is 3.39. The normalized spacial score (nSPS) is 16.4. The molecule has 11 heteroatoms. The molecule has 0 bridgehead atoms. The van der Waals surface area contributed by atoms with Crippen molar-refractivity contribution in [3.63, 3.8) is 0 Å². The third-order valence-corrected chi connectivity index (χ3v) is 7.89. The monoisotopic (exact) mass is 565 g/mol. The number of methoxy groups -OCH3 is 2. The second-order valence-corrected chi connectivity index (χ2v) is 10.5.